The first-order valence-corrected chi connectivity index (χ1v) is 6.45. The van der Waals surface area contributed by atoms with E-state index in [2.05, 4.69) is 5.32 Å². The fraction of sp³-hybridized carbons (Fsp3) is 0.125. The van der Waals surface area contributed by atoms with Gasteiger partial charge in [-0.2, -0.15) is 0 Å². The molecule has 0 heterocycles. The maximum atomic E-state index is 13.1. The zero-order valence-corrected chi connectivity index (χ0v) is 11.3. The van der Waals surface area contributed by atoms with E-state index in [4.69, 9.17) is 5.73 Å². The number of carbonyl (C=O) groups is 2. The van der Waals surface area contributed by atoms with E-state index in [9.17, 15) is 14.0 Å². The number of primary amides is 1. The lowest BCUT2D eigenvalue weighted by Crippen LogP contribution is -2.18. The van der Waals surface area contributed by atoms with Gasteiger partial charge >= 0.3 is 0 Å². The number of rotatable bonds is 5. The summed E-state index contributed by atoms with van der Waals surface area (Å²) in [7, 11) is 0. The van der Waals surface area contributed by atoms with Crippen LogP contribution in [-0.2, 0) is 22.4 Å². The number of anilines is 1. The van der Waals surface area contributed by atoms with Gasteiger partial charge in [-0.05, 0) is 29.3 Å². The Morgan fingerprint density at radius 2 is 1.81 bits per heavy atom. The summed E-state index contributed by atoms with van der Waals surface area (Å²) in [5, 5.41) is 2.71. The minimum absolute atomic E-state index is 0.0520. The number of hydrogen-bond acceptors (Lipinski definition) is 2. The first kappa shape index (κ1) is 14.7. The lowest BCUT2D eigenvalue weighted by molar-refractivity contribution is -0.117. The molecule has 0 saturated carbocycles. The Labute approximate surface area is 121 Å². The van der Waals surface area contributed by atoms with Gasteiger partial charge in [0.1, 0.15) is 5.82 Å². The van der Waals surface area contributed by atoms with Gasteiger partial charge in [0.25, 0.3) is 0 Å². The highest BCUT2D eigenvalue weighted by molar-refractivity contribution is 5.93. The van der Waals surface area contributed by atoms with Crippen molar-refractivity contribution in [2.75, 3.05) is 5.32 Å². The molecule has 0 atom stereocenters. The van der Waals surface area contributed by atoms with Crippen LogP contribution in [0.15, 0.2) is 48.5 Å². The standard InChI is InChI=1S/C16H15FN2O2/c17-13-6-3-4-11(8-13)9-16(21)19-14-7-2-1-5-12(14)10-15(18)20/h1-8H,9-10H2,(H2,18,20)(H,19,21). The molecule has 4 nitrogen and oxygen atoms in total. The van der Waals surface area contributed by atoms with E-state index in [1.165, 1.54) is 12.1 Å². The summed E-state index contributed by atoms with van der Waals surface area (Å²) in [4.78, 5) is 23.0. The highest BCUT2D eigenvalue weighted by Crippen LogP contribution is 2.16. The lowest BCUT2D eigenvalue weighted by Gasteiger charge is -2.10. The SMILES string of the molecule is NC(=O)Cc1ccccc1NC(=O)Cc1cccc(F)c1. The molecule has 0 aromatic heterocycles. The van der Waals surface area contributed by atoms with Crippen LogP contribution < -0.4 is 11.1 Å². The quantitative estimate of drug-likeness (QED) is 0.882. The summed E-state index contributed by atoms with van der Waals surface area (Å²) < 4.78 is 13.1. The maximum absolute atomic E-state index is 13.1. The molecule has 3 N–H and O–H groups in total. The normalized spacial score (nSPS) is 10.1. The average molecular weight is 286 g/mol. The molecule has 2 rings (SSSR count). The van der Waals surface area contributed by atoms with Crippen molar-refractivity contribution in [3.8, 4) is 0 Å². The fourth-order valence-electron chi connectivity index (χ4n) is 2.01. The molecular formula is C16H15FN2O2. The van der Waals surface area contributed by atoms with Gasteiger partial charge in [-0.25, -0.2) is 4.39 Å². The van der Waals surface area contributed by atoms with Gasteiger partial charge in [0.15, 0.2) is 0 Å². The molecule has 0 aliphatic carbocycles. The van der Waals surface area contributed by atoms with Gasteiger partial charge in [-0.3, -0.25) is 9.59 Å². The molecule has 5 heteroatoms. The monoisotopic (exact) mass is 286 g/mol. The number of para-hydroxylation sites is 1. The van der Waals surface area contributed by atoms with Crippen LogP contribution in [0.3, 0.4) is 0 Å². The number of nitrogens with two attached hydrogens (primary N) is 1. The van der Waals surface area contributed by atoms with E-state index in [1.54, 1.807) is 36.4 Å². The van der Waals surface area contributed by atoms with E-state index in [0.717, 1.165) is 0 Å². The van der Waals surface area contributed by atoms with Crippen LogP contribution in [0.25, 0.3) is 0 Å². The number of benzene rings is 2. The van der Waals surface area contributed by atoms with Crippen molar-refractivity contribution in [2.45, 2.75) is 12.8 Å². The molecule has 0 aliphatic rings. The number of halogens is 1. The first-order valence-electron chi connectivity index (χ1n) is 6.45. The van der Waals surface area contributed by atoms with Crippen LogP contribution in [0, 0.1) is 5.82 Å². The van der Waals surface area contributed by atoms with Crippen molar-refractivity contribution < 1.29 is 14.0 Å². The van der Waals surface area contributed by atoms with E-state index in [0.29, 0.717) is 16.8 Å². The molecule has 2 amide bonds. The second kappa shape index (κ2) is 6.65. The molecule has 0 fully saturated rings. The third-order valence-electron chi connectivity index (χ3n) is 2.91. The molecule has 2 aromatic rings. The Hall–Kier alpha value is -2.69. The van der Waals surface area contributed by atoms with Crippen LogP contribution >= 0.6 is 0 Å². The topological polar surface area (TPSA) is 72.2 Å². The molecule has 0 radical (unpaired) electrons. The first-order chi connectivity index (χ1) is 10.0. The smallest absolute Gasteiger partial charge is 0.228 e. The van der Waals surface area contributed by atoms with Crippen LogP contribution in [0.4, 0.5) is 10.1 Å². The number of nitrogens with one attached hydrogen (secondary N) is 1. The third kappa shape index (κ3) is 4.42. The number of hydrogen-bond donors (Lipinski definition) is 2. The van der Waals surface area contributed by atoms with Crippen LogP contribution in [0.1, 0.15) is 11.1 Å². The van der Waals surface area contributed by atoms with Crippen molar-refractivity contribution in [3.05, 3.63) is 65.5 Å². The average Bonchev–Trinajstić information content (AvgIpc) is 2.40. The predicted molar refractivity (Wildman–Crippen MR) is 78.1 cm³/mol. The summed E-state index contributed by atoms with van der Waals surface area (Å²) in [6.07, 6.45) is 0.110. The predicted octanol–water partition coefficient (Wildman–Crippen LogP) is 2.03. The van der Waals surface area contributed by atoms with E-state index in [1.807, 2.05) is 0 Å². The summed E-state index contributed by atoms with van der Waals surface area (Å²) in [5.41, 5.74) is 6.94. The van der Waals surface area contributed by atoms with E-state index < -0.39 is 5.91 Å². The Balaban J connectivity index is 2.07. The van der Waals surface area contributed by atoms with Crippen molar-refractivity contribution >= 4 is 17.5 Å². The third-order valence-corrected chi connectivity index (χ3v) is 2.91. The minimum Gasteiger partial charge on any atom is -0.369 e. The number of carbonyl (C=O) groups excluding carboxylic acids is 2. The Bertz CT molecular complexity index is 671. The number of amides is 2. The molecular weight excluding hydrogens is 271 g/mol. The van der Waals surface area contributed by atoms with E-state index >= 15 is 0 Å². The molecule has 0 aliphatic heterocycles. The Morgan fingerprint density at radius 1 is 1.05 bits per heavy atom. The molecule has 0 bridgehead atoms. The zero-order valence-electron chi connectivity index (χ0n) is 11.3. The second-order valence-corrected chi connectivity index (χ2v) is 4.66. The molecule has 0 unspecified atom stereocenters. The summed E-state index contributed by atoms with van der Waals surface area (Å²) in [6.45, 7) is 0. The molecule has 2 aromatic carbocycles. The lowest BCUT2D eigenvalue weighted by atomic mass is 10.1. The summed E-state index contributed by atoms with van der Waals surface area (Å²) >= 11 is 0. The highest BCUT2D eigenvalue weighted by Gasteiger charge is 2.09. The molecule has 0 saturated heterocycles. The molecule has 0 spiro atoms. The van der Waals surface area contributed by atoms with Gasteiger partial charge in [0.2, 0.25) is 11.8 Å². The Kier molecular flexibility index (Phi) is 4.66. The van der Waals surface area contributed by atoms with Crippen LogP contribution in [0.5, 0.6) is 0 Å². The van der Waals surface area contributed by atoms with Crippen LogP contribution in [0.2, 0.25) is 0 Å². The second-order valence-electron chi connectivity index (χ2n) is 4.66. The van der Waals surface area contributed by atoms with Crippen molar-refractivity contribution in [1.29, 1.82) is 0 Å². The summed E-state index contributed by atoms with van der Waals surface area (Å²) in [6, 6.07) is 12.8. The minimum atomic E-state index is -0.471. The zero-order chi connectivity index (χ0) is 15.2. The highest BCUT2D eigenvalue weighted by atomic mass is 19.1. The molecule has 108 valence electrons. The van der Waals surface area contributed by atoms with Crippen molar-refractivity contribution in [2.24, 2.45) is 5.73 Å². The van der Waals surface area contributed by atoms with Gasteiger partial charge in [0, 0.05) is 5.69 Å². The Morgan fingerprint density at radius 3 is 2.52 bits per heavy atom. The van der Waals surface area contributed by atoms with Crippen molar-refractivity contribution in [3.63, 3.8) is 0 Å². The van der Waals surface area contributed by atoms with E-state index in [-0.39, 0.29) is 24.6 Å². The van der Waals surface area contributed by atoms with Gasteiger partial charge in [0.05, 0.1) is 12.8 Å². The van der Waals surface area contributed by atoms with Crippen LogP contribution in [-0.4, -0.2) is 11.8 Å². The van der Waals surface area contributed by atoms with Gasteiger partial charge in [-0.1, -0.05) is 30.3 Å². The van der Waals surface area contributed by atoms with Gasteiger partial charge < -0.3 is 11.1 Å². The maximum Gasteiger partial charge on any atom is 0.228 e. The summed E-state index contributed by atoms with van der Waals surface area (Å²) in [5.74, 6) is -1.13. The molecule has 21 heavy (non-hydrogen) atoms. The van der Waals surface area contributed by atoms with Crippen molar-refractivity contribution in [1.82, 2.24) is 0 Å². The van der Waals surface area contributed by atoms with Gasteiger partial charge in [-0.15, -0.1) is 0 Å². The fourth-order valence-corrected chi connectivity index (χ4v) is 2.01. The largest absolute Gasteiger partial charge is 0.369 e.